The van der Waals surface area contributed by atoms with Crippen LogP contribution in [-0.4, -0.2) is 38.6 Å². The van der Waals surface area contributed by atoms with Gasteiger partial charge in [0.1, 0.15) is 0 Å². The summed E-state index contributed by atoms with van der Waals surface area (Å²) in [7, 11) is -4.17. The zero-order chi connectivity index (χ0) is 15.0. The zero-order valence-corrected chi connectivity index (χ0v) is 12.0. The third kappa shape index (κ3) is 36.3. The largest absolute Gasteiger partial charge is 0.397 e. The van der Waals surface area contributed by atoms with Crippen LogP contribution in [0.1, 0.15) is 27.2 Å². The minimum absolute atomic E-state index is 0.0289. The molecule has 0 unspecified atom stereocenters. The molecule has 0 aromatic carbocycles. The predicted octanol–water partition coefficient (Wildman–Crippen LogP) is 0.489. The van der Waals surface area contributed by atoms with Crippen LogP contribution < -0.4 is 11.1 Å². The van der Waals surface area contributed by atoms with Gasteiger partial charge in [-0.05, 0) is 26.0 Å². The lowest BCUT2D eigenvalue weighted by Crippen LogP contribution is -2.20. The molecular formula is C10H24N2O5S. The summed E-state index contributed by atoms with van der Waals surface area (Å²) in [6.45, 7) is 10.1. The maximum absolute atomic E-state index is 10.3. The molecule has 0 fully saturated rings. The van der Waals surface area contributed by atoms with Gasteiger partial charge in [0.15, 0.2) is 0 Å². The van der Waals surface area contributed by atoms with E-state index in [-0.39, 0.29) is 12.5 Å². The fourth-order valence-corrected chi connectivity index (χ4v) is 0.767. The smallest absolute Gasteiger partial charge is 0.353 e. The summed E-state index contributed by atoms with van der Waals surface area (Å²) in [4.78, 5) is 10.3. The van der Waals surface area contributed by atoms with Gasteiger partial charge < -0.3 is 11.1 Å². The summed E-state index contributed by atoms with van der Waals surface area (Å²) in [6.07, 6.45) is 2.25. The molecule has 0 spiro atoms. The van der Waals surface area contributed by atoms with Crippen LogP contribution >= 0.6 is 0 Å². The van der Waals surface area contributed by atoms with Gasteiger partial charge >= 0.3 is 10.4 Å². The first-order chi connectivity index (χ1) is 8.28. The second-order valence-electron chi connectivity index (χ2n) is 2.74. The van der Waals surface area contributed by atoms with Crippen LogP contribution in [0.3, 0.4) is 0 Å². The minimum Gasteiger partial charge on any atom is -0.353 e. The number of hydrogen-bond donors (Lipinski definition) is 3. The molecular weight excluding hydrogens is 260 g/mol. The van der Waals surface area contributed by atoms with Gasteiger partial charge in [0.25, 0.3) is 0 Å². The summed E-state index contributed by atoms with van der Waals surface area (Å²) >= 11 is 0. The Morgan fingerprint density at radius 3 is 2.06 bits per heavy atom. The van der Waals surface area contributed by atoms with E-state index in [1.165, 1.54) is 13.0 Å². The summed E-state index contributed by atoms with van der Waals surface area (Å²) in [5.74, 6) is -0.0909. The van der Waals surface area contributed by atoms with E-state index >= 15 is 0 Å². The van der Waals surface area contributed by atoms with Crippen molar-refractivity contribution in [2.45, 2.75) is 27.2 Å². The Morgan fingerprint density at radius 2 is 1.89 bits per heavy atom. The number of carbonyl (C=O) groups excluding carboxylic acids is 1. The number of hydrogen-bond acceptors (Lipinski definition) is 5. The lowest BCUT2D eigenvalue weighted by Gasteiger charge is -1.94. The molecule has 8 heteroatoms. The molecule has 0 aliphatic heterocycles. The van der Waals surface area contributed by atoms with Crippen molar-refractivity contribution < 1.29 is 21.9 Å². The van der Waals surface area contributed by atoms with Crippen molar-refractivity contribution in [2.75, 3.05) is 19.7 Å². The van der Waals surface area contributed by atoms with E-state index in [9.17, 15) is 13.2 Å². The van der Waals surface area contributed by atoms with Crippen LogP contribution in [0.4, 0.5) is 0 Å². The van der Waals surface area contributed by atoms with Crippen LogP contribution in [0.25, 0.3) is 0 Å². The van der Waals surface area contributed by atoms with E-state index < -0.39 is 10.4 Å². The van der Waals surface area contributed by atoms with E-state index in [1.54, 1.807) is 0 Å². The maximum atomic E-state index is 10.3. The van der Waals surface area contributed by atoms with Gasteiger partial charge in [0.05, 0.1) is 6.61 Å². The number of nitrogens with one attached hydrogen (secondary N) is 1. The number of carbonyl (C=O) groups is 1. The standard InChI is InChI=1S/C6H11NO.C2H7N.C2H6O4S/c1-3-5-7-6(8)4-2;1-2-3;1-2-6-7(3,4)5/h4H,2-3,5H2,1H3,(H,7,8);2-3H2,1H3;2H2,1H3,(H,3,4,5). The van der Waals surface area contributed by atoms with Crippen molar-refractivity contribution in [3.63, 3.8) is 0 Å². The van der Waals surface area contributed by atoms with Crippen molar-refractivity contribution in [1.82, 2.24) is 5.32 Å². The molecule has 0 rings (SSSR count). The monoisotopic (exact) mass is 284 g/mol. The first-order valence-electron chi connectivity index (χ1n) is 5.51. The summed E-state index contributed by atoms with van der Waals surface area (Å²) in [5, 5.41) is 2.62. The summed E-state index contributed by atoms with van der Waals surface area (Å²) in [6, 6.07) is 0. The van der Waals surface area contributed by atoms with Crippen molar-refractivity contribution in [2.24, 2.45) is 5.73 Å². The molecule has 0 bridgehead atoms. The van der Waals surface area contributed by atoms with Crippen molar-refractivity contribution >= 4 is 16.3 Å². The topological polar surface area (TPSA) is 119 Å². The van der Waals surface area contributed by atoms with Gasteiger partial charge in [-0.2, -0.15) is 8.42 Å². The molecule has 0 aromatic rings. The van der Waals surface area contributed by atoms with Crippen molar-refractivity contribution in [1.29, 1.82) is 0 Å². The second-order valence-corrected chi connectivity index (χ2v) is 3.83. The maximum Gasteiger partial charge on any atom is 0.397 e. The third-order valence-electron chi connectivity index (χ3n) is 1.00. The van der Waals surface area contributed by atoms with E-state index in [4.69, 9.17) is 10.3 Å². The fraction of sp³-hybridized carbons (Fsp3) is 0.700. The first-order valence-corrected chi connectivity index (χ1v) is 6.87. The Kier molecular flexibility index (Phi) is 19.8. The Hall–Kier alpha value is -0.960. The number of amides is 1. The van der Waals surface area contributed by atoms with E-state index in [0.717, 1.165) is 19.5 Å². The van der Waals surface area contributed by atoms with Gasteiger partial charge in [-0.15, -0.1) is 0 Å². The SMILES string of the molecule is C=CC(=O)NCCC.CCN.CCOS(=O)(=O)O. The van der Waals surface area contributed by atoms with Gasteiger partial charge in [-0.1, -0.05) is 20.4 Å². The van der Waals surface area contributed by atoms with Crippen LogP contribution in [0.15, 0.2) is 12.7 Å². The molecule has 7 nitrogen and oxygen atoms in total. The molecule has 0 aromatic heterocycles. The Morgan fingerprint density at radius 1 is 1.44 bits per heavy atom. The highest BCUT2D eigenvalue weighted by molar-refractivity contribution is 7.80. The Bertz CT molecular complexity index is 291. The molecule has 110 valence electrons. The number of rotatable bonds is 5. The van der Waals surface area contributed by atoms with E-state index in [0.29, 0.717) is 0 Å². The second kappa shape index (κ2) is 16.0. The average molecular weight is 284 g/mol. The van der Waals surface area contributed by atoms with Gasteiger partial charge in [0, 0.05) is 6.54 Å². The van der Waals surface area contributed by atoms with Crippen LogP contribution in [0, 0.1) is 0 Å². The van der Waals surface area contributed by atoms with Crippen LogP contribution in [-0.2, 0) is 19.4 Å². The van der Waals surface area contributed by atoms with Gasteiger partial charge in [-0.3, -0.25) is 9.35 Å². The quantitative estimate of drug-likeness (QED) is 0.499. The lowest BCUT2D eigenvalue weighted by molar-refractivity contribution is -0.116. The highest BCUT2D eigenvalue weighted by atomic mass is 32.3. The minimum atomic E-state index is -4.17. The molecule has 0 saturated carbocycles. The van der Waals surface area contributed by atoms with E-state index in [2.05, 4.69) is 16.1 Å². The fourth-order valence-electron chi connectivity index (χ4n) is 0.469. The molecule has 0 radical (unpaired) electrons. The molecule has 0 aliphatic carbocycles. The van der Waals surface area contributed by atoms with Crippen LogP contribution in [0.2, 0.25) is 0 Å². The van der Waals surface area contributed by atoms with E-state index in [1.807, 2.05) is 13.8 Å². The Balaban J connectivity index is -0.000000207. The highest BCUT2D eigenvalue weighted by Crippen LogP contribution is 1.81. The highest BCUT2D eigenvalue weighted by Gasteiger charge is 1.98. The molecule has 0 saturated heterocycles. The zero-order valence-electron chi connectivity index (χ0n) is 11.2. The molecule has 1 amide bonds. The molecule has 0 aliphatic rings. The third-order valence-corrected chi connectivity index (χ3v) is 1.53. The van der Waals surface area contributed by atoms with Crippen molar-refractivity contribution in [3.05, 3.63) is 12.7 Å². The molecule has 18 heavy (non-hydrogen) atoms. The summed E-state index contributed by atoms with van der Waals surface area (Å²) in [5.41, 5.74) is 4.85. The van der Waals surface area contributed by atoms with Gasteiger partial charge in [-0.25, -0.2) is 4.18 Å². The average Bonchev–Trinajstić information content (AvgIpc) is 2.26. The summed E-state index contributed by atoms with van der Waals surface area (Å²) < 4.78 is 30.7. The Labute approximate surface area is 109 Å². The van der Waals surface area contributed by atoms with Gasteiger partial charge in [0.2, 0.25) is 5.91 Å². The first kappa shape index (κ1) is 22.2. The normalized spacial score (nSPS) is 9.17. The lowest BCUT2D eigenvalue weighted by atomic mass is 10.4. The molecule has 0 heterocycles. The number of nitrogens with two attached hydrogens (primary N) is 1. The molecule has 0 atom stereocenters. The van der Waals surface area contributed by atoms with Crippen molar-refractivity contribution in [3.8, 4) is 0 Å². The van der Waals surface area contributed by atoms with Crippen LogP contribution in [0.5, 0.6) is 0 Å². The predicted molar refractivity (Wildman–Crippen MR) is 71.4 cm³/mol. The molecule has 4 N–H and O–H groups in total.